The summed E-state index contributed by atoms with van der Waals surface area (Å²) in [6, 6.07) is 11.1. The van der Waals surface area contributed by atoms with Gasteiger partial charge in [-0.25, -0.2) is 14.8 Å². The number of aromatic nitrogens is 2. The lowest BCUT2D eigenvalue weighted by atomic mass is 9.91. The summed E-state index contributed by atoms with van der Waals surface area (Å²) < 4.78 is 5.90. The molecule has 1 aromatic carbocycles. The molecule has 1 saturated heterocycles. The topological polar surface area (TPSA) is 75.6 Å². The number of para-hydroxylation sites is 1. The van der Waals surface area contributed by atoms with Crippen LogP contribution in [0.4, 0.5) is 0 Å². The quantitative estimate of drug-likeness (QED) is 0.858. The van der Waals surface area contributed by atoms with Crippen LogP contribution >= 0.6 is 0 Å². The zero-order valence-corrected chi connectivity index (χ0v) is 15.3. The van der Waals surface area contributed by atoms with Gasteiger partial charge in [-0.2, -0.15) is 0 Å². The fraction of sp³-hybridized carbons (Fsp3) is 0.450. The van der Waals surface area contributed by atoms with E-state index >= 15 is 0 Å². The monoisotopic (exact) mass is 355 g/mol. The van der Waals surface area contributed by atoms with Gasteiger partial charge in [0.1, 0.15) is 11.6 Å². The normalized spacial score (nSPS) is 17.2. The maximum Gasteiger partial charge on any atom is 0.348 e. The molecule has 2 aromatic rings. The number of benzene rings is 1. The highest BCUT2D eigenvalue weighted by Gasteiger charge is 2.44. The standard InChI is InChI=1S/C20H25N3O3/c1-15(2)18-21-11-8-16(22-18)14-23-12-9-20(10-13-23,19(24)25)26-17-6-4-3-5-7-17/h3-8,11,15H,9-10,12-14H2,1-2H3,(H,24,25). The van der Waals surface area contributed by atoms with Crippen molar-refractivity contribution in [3.63, 3.8) is 0 Å². The van der Waals surface area contributed by atoms with Gasteiger partial charge in [0.2, 0.25) is 5.60 Å². The summed E-state index contributed by atoms with van der Waals surface area (Å²) in [5.74, 6) is 0.827. The lowest BCUT2D eigenvalue weighted by Crippen LogP contribution is -2.53. The number of piperidine rings is 1. The molecule has 26 heavy (non-hydrogen) atoms. The maximum absolute atomic E-state index is 11.9. The minimum absolute atomic E-state index is 0.287. The van der Waals surface area contributed by atoms with E-state index in [0.29, 0.717) is 38.2 Å². The van der Waals surface area contributed by atoms with E-state index in [1.165, 1.54) is 0 Å². The number of carboxylic acid groups (broad SMARTS) is 1. The lowest BCUT2D eigenvalue weighted by molar-refractivity contribution is -0.159. The fourth-order valence-electron chi connectivity index (χ4n) is 3.15. The summed E-state index contributed by atoms with van der Waals surface area (Å²) in [5.41, 5.74) is -0.192. The second kappa shape index (κ2) is 7.83. The summed E-state index contributed by atoms with van der Waals surface area (Å²) in [7, 11) is 0. The first-order valence-corrected chi connectivity index (χ1v) is 9.00. The van der Waals surface area contributed by atoms with Gasteiger partial charge < -0.3 is 9.84 Å². The number of carboxylic acids is 1. The highest BCUT2D eigenvalue weighted by molar-refractivity contribution is 5.78. The Hall–Kier alpha value is -2.47. The molecule has 1 fully saturated rings. The van der Waals surface area contributed by atoms with E-state index in [2.05, 4.69) is 28.7 Å². The van der Waals surface area contributed by atoms with Gasteiger partial charge in [-0.15, -0.1) is 0 Å². The van der Waals surface area contributed by atoms with Crippen LogP contribution in [0.25, 0.3) is 0 Å². The van der Waals surface area contributed by atoms with E-state index in [1.54, 1.807) is 18.3 Å². The number of ether oxygens (including phenoxy) is 1. The van der Waals surface area contributed by atoms with Gasteiger partial charge in [0.15, 0.2) is 0 Å². The molecular formula is C20H25N3O3. The van der Waals surface area contributed by atoms with E-state index in [4.69, 9.17) is 4.74 Å². The molecule has 6 heteroatoms. The zero-order chi connectivity index (χ0) is 18.6. The van der Waals surface area contributed by atoms with Crippen LogP contribution in [-0.2, 0) is 11.3 Å². The molecule has 0 bridgehead atoms. The third-order valence-corrected chi connectivity index (χ3v) is 4.74. The minimum Gasteiger partial charge on any atom is -0.478 e. The molecule has 2 heterocycles. The number of nitrogens with zero attached hydrogens (tertiary/aromatic N) is 3. The van der Waals surface area contributed by atoms with Crippen LogP contribution in [0.5, 0.6) is 5.75 Å². The highest BCUT2D eigenvalue weighted by atomic mass is 16.5. The Morgan fingerprint density at radius 1 is 1.23 bits per heavy atom. The first kappa shape index (κ1) is 18.3. The molecule has 0 aliphatic carbocycles. The molecule has 3 rings (SSSR count). The van der Waals surface area contributed by atoms with Crippen molar-refractivity contribution in [3.05, 3.63) is 54.1 Å². The summed E-state index contributed by atoms with van der Waals surface area (Å²) in [5, 5.41) is 9.76. The highest BCUT2D eigenvalue weighted by Crippen LogP contribution is 2.29. The van der Waals surface area contributed by atoms with Gasteiger partial charge in [-0.3, -0.25) is 4.90 Å². The summed E-state index contributed by atoms with van der Waals surface area (Å²) in [6.07, 6.45) is 2.68. The number of hydrogen-bond donors (Lipinski definition) is 1. The molecular weight excluding hydrogens is 330 g/mol. The number of hydrogen-bond acceptors (Lipinski definition) is 5. The van der Waals surface area contributed by atoms with Crippen LogP contribution in [0.1, 0.15) is 44.1 Å². The molecule has 0 atom stereocenters. The number of aliphatic carboxylic acids is 1. The molecule has 0 spiro atoms. The largest absolute Gasteiger partial charge is 0.478 e. The molecule has 6 nitrogen and oxygen atoms in total. The Morgan fingerprint density at radius 3 is 2.54 bits per heavy atom. The van der Waals surface area contributed by atoms with Crippen molar-refractivity contribution >= 4 is 5.97 Å². The predicted octanol–water partition coefficient (Wildman–Crippen LogP) is 3.10. The first-order chi connectivity index (χ1) is 12.5. The van der Waals surface area contributed by atoms with E-state index in [9.17, 15) is 9.90 Å². The summed E-state index contributed by atoms with van der Waals surface area (Å²) in [6.45, 7) is 6.15. The Balaban J connectivity index is 1.65. The third-order valence-electron chi connectivity index (χ3n) is 4.74. The van der Waals surface area contributed by atoms with Gasteiger partial charge in [-0.1, -0.05) is 32.0 Å². The summed E-state index contributed by atoms with van der Waals surface area (Å²) >= 11 is 0. The first-order valence-electron chi connectivity index (χ1n) is 9.00. The van der Waals surface area contributed by atoms with Crippen molar-refractivity contribution < 1.29 is 14.6 Å². The van der Waals surface area contributed by atoms with Crippen molar-refractivity contribution in [2.24, 2.45) is 0 Å². The van der Waals surface area contributed by atoms with Crippen molar-refractivity contribution in [1.29, 1.82) is 0 Å². The molecule has 1 aromatic heterocycles. The van der Waals surface area contributed by atoms with Crippen LogP contribution in [-0.4, -0.2) is 44.6 Å². The predicted molar refractivity (Wildman–Crippen MR) is 98.1 cm³/mol. The molecule has 1 aliphatic heterocycles. The fourth-order valence-corrected chi connectivity index (χ4v) is 3.15. The van der Waals surface area contributed by atoms with Gasteiger partial charge in [0.25, 0.3) is 0 Å². The molecule has 0 amide bonds. The number of likely N-dealkylation sites (tertiary alicyclic amines) is 1. The SMILES string of the molecule is CC(C)c1nccc(CN2CCC(Oc3ccccc3)(C(=O)O)CC2)n1. The number of carbonyl (C=O) groups is 1. The Bertz CT molecular complexity index is 741. The Kier molecular flexibility index (Phi) is 5.52. The molecule has 1 N–H and O–H groups in total. The molecule has 0 saturated carbocycles. The van der Waals surface area contributed by atoms with E-state index in [-0.39, 0.29) is 5.92 Å². The van der Waals surface area contributed by atoms with Gasteiger partial charge in [0.05, 0.1) is 5.69 Å². The van der Waals surface area contributed by atoms with Crippen LogP contribution in [0, 0.1) is 0 Å². The van der Waals surface area contributed by atoms with Crippen molar-refractivity contribution in [1.82, 2.24) is 14.9 Å². The van der Waals surface area contributed by atoms with E-state index in [0.717, 1.165) is 11.5 Å². The Morgan fingerprint density at radius 2 is 1.92 bits per heavy atom. The van der Waals surface area contributed by atoms with Crippen LogP contribution in [0.15, 0.2) is 42.6 Å². The van der Waals surface area contributed by atoms with Gasteiger partial charge >= 0.3 is 5.97 Å². The zero-order valence-electron chi connectivity index (χ0n) is 15.3. The minimum atomic E-state index is -1.16. The van der Waals surface area contributed by atoms with Gasteiger partial charge in [0, 0.05) is 44.6 Å². The van der Waals surface area contributed by atoms with Crippen molar-refractivity contribution in [2.45, 2.75) is 44.8 Å². The molecule has 1 aliphatic rings. The average Bonchev–Trinajstić information content (AvgIpc) is 2.64. The third kappa shape index (κ3) is 4.19. The number of rotatable bonds is 6. The van der Waals surface area contributed by atoms with Crippen LogP contribution in [0.2, 0.25) is 0 Å². The lowest BCUT2D eigenvalue weighted by Gasteiger charge is -2.38. The second-order valence-corrected chi connectivity index (χ2v) is 7.05. The second-order valence-electron chi connectivity index (χ2n) is 7.05. The maximum atomic E-state index is 11.9. The Labute approximate surface area is 153 Å². The summed E-state index contributed by atoms with van der Waals surface area (Å²) in [4.78, 5) is 23.0. The van der Waals surface area contributed by atoms with Gasteiger partial charge in [-0.05, 0) is 18.2 Å². The van der Waals surface area contributed by atoms with Crippen molar-refractivity contribution in [2.75, 3.05) is 13.1 Å². The molecule has 0 radical (unpaired) electrons. The van der Waals surface area contributed by atoms with Crippen molar-refractivity contribution in [3.8, 4) is 5.75 Å². The average molecular weight is 355 g/mol. The molecule has 0 unspecified atom stereocenters. The van der Waals surface area contributed by atoms with Crippen LogP contribution in [0.3, 0.4) is 0 Å². The van der Waals surface area contributed by atoms with E-state index < -0.39 is 11.6 Å². The molecule has 138 valence electrons. The smallest absolute Gasteiger partial charge is 0.348 e. The van der Waals surface area contributed by atoms with Crippen LogP contribution < -0.4 is 4.74 Å². The van der Waals surface area contributed by atoms with E-state index in [1.807, 2.05) is 24.3 Å².